The number of phenols is 1. The van der Waals surface area contributed by atoms with Crippen LogP contribution < -0.4 is 15.1 Å². The van der Waals surface area contributed by atoms with Crippen molar-refractivity contribution in [1.29, 1.82) is 0 Å². The first-order valence-corrected chi connectivity index (χ1v) is 20.9. The number of carbonyl (C=O) groups excluding carboxylic acids is 2. The molecule has 4 fully saturated rings. The van der Waals surface area contributed by atoms with Crippen LogP contribution in [0.5, 0.6) is 5.75 Å². The molecule has 0 aromatic heterocycles. The minimum atomic E-state index is -0.422. The number of piperazine rings is 1. The lowest BCUT2D eigenvalue weighted by Crippen LogP contribution is -2.59. The van der Waals surface area contributed by atoms with E-state index in [-0.39, 0.29) is 17.7 Å². The van der Waals surface area contributed by atoms with Gasteiger partial charge in [-0.25, -0.2) is 0 Å². The number of hydrogen-bond acceptors (Lipinski definition) is 6. The molecule has 2 aliphatic carbocycles. The summed E-state index contributed by atoms with van der Waals surface area (Å²) in [6.45, 7) is 10.8. The van der Waals surface area contributed by atoms with Gasteiger partial charge in [0.2, 0.25) is 5.91 Å². The number of benzene rings is 4. The Hall–Kier alpha value is -5.08. The van der Waals surface area contributed by atoms with Gasteiger partial charge in [0.25, 0.3) is 5.91 Å². The monoisotopic (exact) mass is 747 g/mol. The number of aryl methyl sites for hydroxylation is 1. The zero-order chi connectivity index (χ0) is 38.0. The van der Waals surface area contributed by atoms with E-state index in [1.54, 1.807) is 4.90 Å². The molecule has 2 N–H and O–H groups in total. The van der Waals surface area contributed by atoms with E-state index in [9.17, 15) is 14.7 Å². The van der Waals surface area contributed by atoms with E-state index in [2.05, 4.69) is 99.4 Å². The van der Waals surface area contributed by atoms with Gasteiger partial charge in [-0.3, -0.25) is 14.5 Å². The van der Waals surface area contributed by atoms with Crippen molar-refractivity contribution in [3.05, 3.63) is 137 Å². The zero-order valence-electron chi connectivity index (χ0n) is 32.3. The van der Waals surface area contributed by atoms with E-state index < -0.39 is 6.04 Å². The molecule has 4 heterocycles. The number of nitrogens with zero attached hydrogens (tertiary/aromatic N) is 4. The number of hydrogen-bond donors (Lipinski definition) is 2. The molecule has 0 bridgehead atoms. The molecule has 1 unspecified atom stereocenters. The van der Waals surface area contributed by atoms with E-state index in [0.717, 1.165) is 68.9 Å². The zero-order valence-corrected chi connectivity index (χ0v) is 32.3. The average Bonchev–Trinajstić information content (AvgIpc) is 3.54. The number of aromatic hydroxyl groups is 1. The Morgan fingerprint density at radius 3 is 2.20 bits per heavy atom. The third kappa shape index (κ3) is 6.36. The van der Waals surface area contributed by atoms with Gasteiger partial charge < -0.3 is 25.1 Å². The Kier molecular flexibility index (Phi) is 8.92. The van der Waals surface area contributed by atoms with E-state index >= 15 is 0 Å². The Morgan fingerprint density at radius 1 is 0.714 bits per heavy atom. The molecular formula is C48H53N5O3. The lowest BCUT2D eigenvalue weighted by molar-refractivity contribution is -0.126. The highest BCUT2D eigenvalue weighted by molar-refractivity contribution is 6.01. The van der Waals surface area contributed by atoms with Crippen molar-refractivity contribution in [2.45, 2.75) is 81.8 Å². The summed E-state index contributed by atoms with van der Waals surface area (Å²) < 4.78 is 0. The van der Waals surface area contributed by atoms with Crippen molar-refractivity contribution in [2.24, 2.45) is 5.41 Å². The summed E-state index contributed by atoms with van der Waals surface area (Å²) in [5.41, 5.74) is 10.9. The largest absolute Gasteiger partial charge is 0.508 e. The van der Waals surface area contributed by atoms with E-state index in [4.69, 9.17) is 0 Å². The fourth-order valence-corrected chi connectivity index (χ4v) is 11.2. The highest BCUT2D eigenvalue weighted by Crippen LogP contribution is 2.52. The molecule has 3 atom stereocenters. The molecule has 3 saturated heterocycles. The first-order valence-electron chi connectivity index (χ1n) is 20.9. The molecule has 1 saturated carbocycles. The van der Waals surface area contributed by atoms with Gasteiger partial charge in [0.15, 0.2) is 0 Å². The molecule has 8 nitrogen and oxygen atoms in total. The highest BCUT2D eigenvalue weighted by atomic mass is 16.3. The van der Waals surface area contributed by atoms with Gasteiger partial charge in [-0.1, -0.05) is 55.1 Å². The summed E-state index contributed by atoms with van der Waals surface area (Å²) in [6, 6.07) is 32.9. The van der Waals surface area contributed by atoms with Crippen LogP contribution in [0.2, 0.25) is 0 Å². The van der Waals surface area contributed by atoms with Crippen molar-refractivity contribution in [1.82, 2.24) is 15.1 Å². The van der Waals surface area contributed by atoms with Crippen molar-refractivity contribution < 1.29 is 14.7 Å². The maximum atomic E-state index is 13.2. The molecule has 0 radical (unpaired) electrons. The number of carbonyl (C=O) groups is 2. The first-order chi connectivity index (χ1) is 27.3. The molecule has 4 aliphatic heterocycles. The van der Waals surface area contributed by atoms with E-state index in [1.807, 2.05) is 18.2 Å². The summed E-state index contributed by atoms with van der Waals surface area (Å²) >= 11 is 0. The van der Waals surface area contributed by atoms with Crippen LogP contribution in [0, 0.1) is 5.41 Å². The molecular weight excluding hydrogens is 695 g/mol. The third-order valence-corrected chi connectivity index (χ3v) is 14.4. The lowest BCUT2D eigenvalue weighted by atomic mass is 9.60. The molecule has 1 spiro atoms. The summed E-state index contributed by atoms with van der Waals surface area (Å²) in [5.74, 6) is 0.904. The number of allylic oxidation sites excluding steroid dienone is 1. The maximum absolute atomic E-state index is 13.2. The van der Waals surface area contributed by atoms with Crippen LogP contribution in [0.4, 0.5) is 11.4 Å². The minimum absolute atomic E-state index is 0.0341. The van der Waals surface area contributed by atoms with Crippen molar-refractivity contribution in [2.75, 3.05) is 49.1 Å². The second kappa shape index (κ2) is 14.1. The van der Waals surface area contributed by atoms with Crippen LogP contribution in [0.25, 0.3) is 0 Å². The number of phenolic OH excluding ortho intramolecular Hbond substituents is 1. The van der Waals surface area contributed by atoms with E-state index in [0.29, 0.717) is 42.5 Å². The number of anilines is 2. The third-order valence-electron chi connectivity index (χ3n) is 14.4. The van der Waals surface area contributed by atoms with Crippen LogP contribution in [-0.4, -0.2) is 78.1 Å². The second-order valence-electron chi connectivity index (χ2n) is 17.5. The standard InChI is InChI=1S/C48H53N5O3/c1-32-7-18-44(46(55)49-32)53-31-36-27-38(13-16-43(36)47(53)56)51-23-25-52(26-24-51)39-29-48(30-39)19-21-50(22-20-48)37-11-8-34(9-12-37)45-41(33-5-3-2-4-6-33)15-10-35-28-40(54)14-17-42(35)45/h2-6,8-9,11-14,16-17,27-28,39,41,44-45,54H,1,7,10,15,18-26,29-31H2,(H,49,55)/t41-,44?,45+/m0/s1. The Bertz CT molecular complexity index is 2140. The van der Waals surface area contributed by atoms with Crippen LogP contribution in [0.1, 0.15) is 95.0 Å². The number of piperidine rings is 2. The normalized spacial score (nSPS) is 25.2. The Labute approximate surface area is 330 Å². The van der Waals surface area contributed by atoms with Gasteiger partial charge in [-0.15, -0.1) is 0 Å². The fourth-order valence-electron chi connectivity index (χ4n) is 11.2. The molecule has 288 valence electrons. The van der Waals surface area contributed by atoms with Gasteiger partial charge in [-0.05, 0) is 133 Å². The number of nitrogens with one attached hydrogen (secondary N) is 1. The predicted octanol–water partition coefficient (Wildman–Crippen LogP) is 7.57. The van der Waals surface area contributed by atoms with Crippen molar-refractivity contribution in [3.63, 3.8) is 0 Å². The van der Waals surface area contributed by atoms with Gasteiger partial charge in [-0.2, -0.15) is 0 Å². The number of fused-ring (bicyclic) bond motifs is 2. The number of amides is 2. The van der Waals surface area contributed by atoms with E-state index in [1.165, 1.54) is 59.3 Å². The molecule has 4 aromatic rings. The van der Waals surface area contributed by atoms with Crippen LogP contribution in [-0.2, 0) is 17.8 Å². The lowest BCUT2D eigenvalue weighted by Gasteiger charge is -2.56. The van der Waals surface area contributed by atoms with Gasteiger partial charge in [0.05, 0.1) is 0 Å². The molecule has 56 heavy (non-hydrogen) atoms. The van der Waals surface area contributed by atoms with Crippen LogP contribution in [0.15, 0.2) is 103 Å². The first kappa shape index (κ1) is 35.3. The number of rotatable bonds is 6. The fraction of sp³-hybridized carbons (Fsp3) is 0.417. The average molecular weight is 748 g/mol. The van der Waals surface area contributed by atoms with Crippen molar-refractivity contribution >= 4 is 23.2 Å². The minimum Gasteiger partial charge on any atom is -0.508 e. The maximum Gasteiger partial charge on any atom is 0.255 e. The van der Waals surface area contributed by atoms with Crippen molar-refractivity contribution in [3.8, 4) is 5.75 Å². The van der Waals surface area contributed by atoms with Crippen LogP contribution >= 0.6 is 0 Å². The van der Waals surface area contributed by atoms with Crippen LogP contribution in [0.3, 0.4) is 0 Å². The SMILES string of the molecule is C=C1CCC(N2Cc3cc(N4CCN(C5CC6(CCN(c7ccc([C@H]8c9ccc(O)cc9CC[C@H]8c8ccccc8)cc7)CC6)C5)CC4)ccc3C2=O)C(=O)N1. The summed E-state index contributed by atoms with van der Waals surface area (Å²) in [5, 5.41) is 13.1. The predicted molar refractivity (Wildman–Crippen MR) is 221 cm³/mol. The Morgan fingerprint density at radius 2 is 1.45 bits per heavy atom. The second-order valence-corrected chi connectivity index (χ2v) is 17.5. The topological polar surface area (TPSA) is 79.4 Å². The molecule has 2 amide bonds. The summed E-state index contributed by atoms with van der Waals surface area (Å²) in [7, 11) is 0. The van der Waals surface area contributed by atoms with Gasteiger partial charge in [0.1, 0.15) is 11.8 Å². The Balaban J connectivity index is 0.728. The summed E-state index contributed by atoms with van der Waals surface area (Å²) in [4.78, 5) is 35.4. The molecule has 10 rings (SSSR count). The molecule has 6 aliphatic rings. The summed E-state index contributed by atoms with van der Waals surface area (Å²) in [6.07, 6.45) is 8.58. The smallest absolute Gasteiger partial charge is 0.255 e. The highest BCUT2D eigenvalue weighted by Gasteiger charge is 2.48. The van der Waals surface area contributed by atoms with Gasteiger partial charge in [0, 0.05) is 80.4 Å². The quantitative estimate of drug-likeness (QED) is 0.212. The molecule has 8 heteroatoms. The van der Waals surface area contributed by atoms with Gasteiger partial charge >= 0.3 is 0 Å². The molecule has 4 aromatic carbocycles.